The van der Waals surface area contributed by atoms with Crippen LogP contribution in [0.3, 0.4) is 0 Å². The molecule has 0 spiro atoms. The zero-order chi connectivity index (χ0) is 17.9. The van der Waals surface area contributed by atoms with Crippen LogP contribution in [0.2, 0.25) is 0 Å². The Morgan fingerprint density at radius 3 is 2.40 bits per heavy atom. The van der Waals surface area contributed by atoms with Crippen LogP contribution in [0.4, 0.5) is 0 Å². The first-order valence-corrected chi connectivity index (χ1v) is 9.52. The van der Waals surface area contributed by atoms with Gasteiger partial charge in [0.1, 0.15) is 0 Å². The number of carbonyl (C=O) groups is 2. The second kappa shape index (κ2) is 7.59. The third-order valence-electron chi connectivity index (χ3n) is 6.16. The molecule has 136 valence electrons. The molecule has 0 aromatic heterocycles. The second-order valence-electron chi connectivity index (χ2n) is 8.19. The fraction of sp³-hybridized carbons (Fsp3) is 0.619. The van der Waals surface area contributed by atoms with Crippen molar-refractivity contribution in [3.8, 4) is 0 Å². The SMILES string of the molecule is CC1(CCc2ccccc2)CCN(C(=O)C2CCC(C(=O)O)CC2)C1. The Morgan fingerprint density at radius 2 is 1.76 bits per heavy atom. The molecule has 1 N–H and O–H groups in total. The van der Waals surface area contributed by atoms with Crippen LogP contribution in [0.5, 0.6) is 0 Å². The minimum atomic E-state index is -0.708. The zero-order valence-electron chi connectivity index (χ0n) is 15.1. The Balaban J connectivity index is 1.50. The highest BCUT2D eigenvalue weighted by molar-refractivity contribution is 5.80. The summed E-state index contributed by atoms with van der Waals surface area (Å²) in [7, 11) is 0. The summed E-state index contributed by atoms with van der Waals surface area (Å²) in [5, 5.41) is 9.10. The van der Waals surface area contributed by atoms with Crippen LogP contribution < -0.4 is 0 Å². The molecule has 1 aliphatic carbocycles. The smallest absolute Gasteiger partial charge is 0.306 e. The Hall–Kier alpha value is -1.84. The minimum absolute atomic E-state index is 0.0343. The standard InChI is InChI=1S/C21H29NO3/c1-21(12-11-16-5-3-2-4-6-16)13-14-22(15-21)19(23)17-7-9-18(10-8-17)20(24)25/h2-6,17-18H,7-15H2,1H3,(H,24,25). The molecule has 1 aromatic carbocycles. The number of benzene rings is 1. The predicted octanol–water partition coefficient (Wildman–Crippen LogP) is 3.75. The first kappa shape index (κ1) is 18.0. The highest BCUT2D eigenvalue weighted by atomic mass is 16.4. The van der Waals surface area contributed by atoms with Crippen LogP contribution in [-0.2, 0) is 16.0 Å². The van der Waals surface area contributed by atoms with Gasteiger partial charge in [0.05, 0.1) is 5.92 Å². The Morgan fingerprint density at radius 1 is 1.12 bits per heavy atom. The maximum absolute atomic E-state index is 12.8. The Bertz CT molecular complexity index is 607. The van der Waals surface area contributed by atoms with E-state index in [1.165, 1.54) is 5.56 Å². The van der Waals surface area contributed by atoms with Crippen LogP contribution in [0.1, 0.15) is 51.0 Å². The van der Waals surface area contributed by atoms with Crippen LogP contribution in [0.25, 0.3) is 0 Å². The Labute approximate surface area is 150 Å². The van der Waals surface area contributed by atoms with Gasteiger partial charge in [-0.1, -0.05) is 37.3 Å². The molecule has 4 heteroatoms. The molecule has 0 radical (unpaired) electrons. The molecule has 1 unspecified atom stereocenters. The van der Waals surface area contributed by atoms with Gasteiger partial charge >= 0.3 is 5.97 Å². The molecule has 0 bridgehead atoms. The number of carbonyl (C=O) groups excluding carboxylic acids is 1. The number of carboxylic acid groups (broad SMARTS) is 1. The van der Waals surface area contributed by atoms with Crippen LogP contribution >= 0.6 is 0 Å². The van der Waals surface area contributed by atoms with Gasteiger partial charge in [0.2, 0.25) is 5.91 Å². The van der Waals surface area contributed by atoms with Crippen molar-refractivity contribution in [1.82, 2.24) is 4.90 Å². The van der Waals surface area contributed by atoms with E-state index in [0.29, 0.717) is 12.8 Å². The molecule has 1 aromatic rings. The monoisotopic (exact) mass is 343 g/mol. The zero-order valence-corrected chi connectivity index (χ0v) is 15.1. The summed E-state index contributed by atoms with van der Waals surface area (Å²) < 4.78 is 0. The molecule has 1 amide bonds. The molecule has 1 aliphatic heterocycles. The van der Waals surface area contributed by atoms with Crippen molar-refractivity contribution >= 4 is 11.9 Å². The average molecular weight is 343 g/mol. The fourth-order valence-corrected chi connectivity index (χ4v) is 4.35. The molecule has 25 heavy (non-hydrogen) atoms. The molecule has 2 fully saturated rings. The number of rotatable bonds is 5. The predicted molar refractivity (Wildman–Crippen MR) is 97.2 cm³/mol. The lowest BCUT2D eigenvalue weighted by Gasteiger charge is -2.30. The summed E-state index contributed by atoms with van der Waals surface area (Å²) in [5.41, 5.74) is 1.56. The number of hydrogen-bond donors (Lipinski definition) is 1. The number of likely N-dealkylation sites (tertiary alicyclic amines) is 1. The van der Waals surface area contributed by atoms with Gasteiger partial charge in [0.25, 0.3) is 0 Å². The third-order valence-corrected chi connectivity index (χ3v) is 6.16. The van der Waals surface area contributed by atoms with Crippen molar-refractivity contribution in [2.24, 2.45) is 17.3 Å². The summed E-state index contributed by atoms with van der Waals surface area (Å²) in [6, 6.07) is 10.5. The van der Waals surface area contributed by atoms with Crippen molar-refractivity contribution in [1.29, 1.82) is 0 Å². The van der Waals surface area contributed by atoms with E-state index < -0.39 is 5.97 Å². The fourth-order valence-electron chi connectivity index (χ4n) is 4.35. The molecular weight excluding hydrogens is 314 g/mol. The van der Waals surface area contributed by atoms with Crippen molar-refractivity contribution in [3.63, 3.8) is 0 Å². The van der Waals surface area contributed by atoms with Gasteiger partial charge in [-0.3, -0.25) is 9.59 Å². The number of carboxylic acids is 1. The number of aryl methyl sites for hydroxylation is 1. The van der Waals surface area contributed by atoms with Gasteiger partial charge in [-0.15, -0.1) is 0 Å². The second-order valence-corrected chi connectivity index (χ2v) is 8.19. The van der Waals surface area contributed by atoms with Crippen LogP contribution in [0.15, 0.2) is 30.3 Å². The van der Waals surface area contributed by atoms with Crippen molar-refractivity contribution in [2.45, 2.75) is 51.9 Å². The van der Waals surface area contributed by atoms with Gasteiger partial charge < -0.3 is 10.0 Å². The molecular formula is C21H29NO3. The van der Waals surface area contributed by atoms with Crippen molar-refractivity contribution in [2.75, 3.05) is 13.1 Å². The van der Waals surface area contributed by atoms with E-state index in [1.807, 2.05) is 11.0 Å². The van der Waals surface area contributed by atoms with Gasteiger partial charge in [0.15, 0.2) is 0 Å². The minimum Gasteiger partial charge on any atom is -0.481 e. The third kappa shape index (κ3) is 4.42. The Kier molecular flexibility index (Phi) is 5.45. The lowest BCUT2D eigenvalue weighted by atomic mass is 9.81. The molecule has 4 nitrogen and oxygen atoms in total. The normalized spacial score (nSPS) is 29.6. The van der Waals surface area contributed by atoms with Gasteiger partial charge in [0, 0.05) is 19.0 Å². The van der Waals surface area contributed by atoms with Crippen molar-refractivity contribution < 1.29 is 14.7 Å². The maximum atomic E-state index is 12.8. The van der Waals surface area contributed by atoms with Crippen molar-refractivity contribution in [3.05, 3.63) is 35.9 Å². The maximum Gasteiger partial charge on any atom is 0.306 e. The topological polar surface area (TPSA) is 57.6 Å². The summed E-state index contributed by atoms with van der Waals surface area (Å²) >= 11 is 0. The summed E-state index contributed by atoms with van der Waals surface area (Å²) in [6.07, 6.45) is 5.97. The summed E-state index contributed by atoms with van der Waals surface area (Å²) in [4.78, 5) is 25.9. The molecule has 2 aliphatic rings. The quantitative estimate of drug-likeness (QED) is 0.886. The largest absolute Gasteiger partial charge is 0.481 e. The number of aliphatic carboxylic acids is 1. The van der Waals surface area contributed by atoms with E-state index in [9.17, 15) is 9.59 Å². The van der Waals surface area contributed by atoms with E-state index in [1.54, 1.807) is 0 Å². The lowest BCUT2D eigenvalue weighted by Crippen LogP contribution is -2.38. The van der Waals surface area contributed by atoms with Gasteiger partial charge in [-0.05, 0) is 55.9 Å². The average Bonchev–Trinajstić information content (AvgIpc) is 3.03. The lowest BCUT2D eigenvalue weighted by molar-refractivity contribution is -0.145. The molecule has 3 rings (SSSR count). The van der Waals surface area contributed by atoms with E-state index in [2.05, 4.69) is 31.2 Å². The highest BCUT2D eigenvalue weighted by Gasteiger charge is 2.39. The van der Waals surface area contributed by atoms with Crippen LogP contribution in [-0.4, -0.2) is 35.0 Å². The van der Waals surface area contributed by atoms with Gasteiger partial charge in [-0.2, -0.15) is 0 Å². The van der Waals surface area contributed by atoms with Crippen LogP contribution in [0, 0.1) is 17.3 Å². The number of amides is 1. The molecule has 1 saturated heterocycles. The summed E-state index contributed by atoms with van der Waals surface area (Å²) in [5.74, 6) is -0.668. The molecule has 1 atom stereocenters. The molecule has 1 saturated carbocycles. The van der Waals surface area contributed by atoms with Gasteiger partial charge in [-0.25, -0.2) is 0 Å². The first-order valence-electron chi connectivity index (χ1n) is 9.52. The summed E-state index contributed by atoms with van der Waals surface area (Å²) in [6.45, 7) is 3.99. The van der Waals surface area contributed by atoms with E-state index in [0.717, 1.165) is 45.2 Å². The van der Waals surface area contributed by atoms with E-state index in [4.69, 9.17) is 5.11 Å². The highest BCUT2D eigenvalue weighted by Crippen LogP contribution is 2.37. The van der Waals surface area contributed by atoms with E-state index >= 15 is 0 Å². The van der Waals surface area contributed by atoms with E-state index in [-0.39, 0.29) is 23.2 Å². The number of nitrogens with zero attached hydrogens (tertiary/aromatic N) is 1. The number of hydrogen-bond acceptors (Lipinski definition) is 2. The first-order chi connectivity index (χ1) is 12.0. The molecule has 1 heterocycles.